The fourth-order valence-electron chi connectivity index (χ4n) is 2.46. The standard InChI is InChI=1S/C16H18N8/c1-9-7-19-8-12(21-9)4-5-20-15-13(6-17)14(18)24-16(22-15)10(2)11(3)23-24/h7-8H,4-5,18H2,1-3H3,(H,20,22). The van der Waals surface area contributed by atoms with Crippen LogP contribution in [0.4, 0.5) is 11.6 Å². The molecule has 8 nitrogen and oxygen atoms in total. The Morgan fingerprint density at radius 1 is 1.25 bits per heavy atom. The molecule has 0 amide bonds. The first kappa shape index (κ1) is 15.7. The number of nitrogen functional groups attached to an aromatic ring is 1. The van der Waals surface area contributed by atoms with Gasteiger partial charge in [0.1, 0.15) is 23.3 Å². The van der Waals surface area contributed by atoms with Gasteiger partial charge in [-0.2, -0.15) is 14.9 Å². The Balaban J connectivity index is 1.88. The third-order valence-corrected chi connectivity index (χ3v) is 3.86. The van der Waals surface area contributed by atoms with Crippen molar-refractivity contribution in [3.8, 4) is 6.07 Å². The van der Waals surface area contributed by atoms with E-state index in [0.29, 0.717) is 30.0 Å². The largest absolute Gasteiger partial charge is 0.382 e. The number of aromatic nitrogens is 5. The Hall–Kier alpha value is -3.21. The summed E-state index contributed by atoms with van der Waals surface area (Å²) in [5, 5.41) is 16.9. The summed E-state index contributed by atoms with van der Waals surface area (Å²) in [6.45, 7) is 6.29. The van der Waals surface area contributed by atoms with Gasteiger partial charge >= 0.3 is 0 Å². The Labute approximate surface area is 139 Å². The molecule has 0 aliphatic rings. The molecule has 24 heavy (non-hydrogen) atoms. The second-order valence-corrected chi connectivity index (χ2v) is 5.61. The SMILES string of the molecule is Cc1cncc(CCNc2nc3c(C)c(C)nn3c(N)c2C#N)n1. The molecule has 0 unspecified atom stereocenters. The maximum atomic E-state index is 9.41. The van der Waals surface area contributed by atoms with Crippen molar-refractivity contribution in [2.24, 2.45) is 0 Å². The number of nitriles is 1. The first-order valence-corrected chi connectivity index (χ1v) is 7.58. The molecule has 0 aliphatic heterocycles. The molecule has 3 aromatic rings. The van der Waals surface area contributed by atoms with Gasteiger partial charge in [0, 0.05) is 30.9 Å². The minimum atomic E-state index is 0.288. The smallest absolute Gasteiger partial charge is 0.162 e. The number of rotatable bonds is 4. The molecule has 3 heterocycles. The number of anilines is 2. The highest BCUT2D eigenvalue weighted by Crippen LogP contribution is 2.24. The van der Waals surface area contributed by atoms with Crippen LogP contribution in [-0.2, 0) is 6.42 Å². The van der Waals surface area contributed by atoms with Gasteiger partial charge in [-0.3, -0.25) is 9.97 Å². The van der Waals surface area contributed by atoms with Crippen LogP contribution in [0.15, 0.2) is 12.4 Å². The molecular weight excluding hydrogens is 304 g/mol. The van der Waals surface area contributed by atoms with Crippen molar-refractivity contribution in [3.63, 3.8) is 0 Å². The second kappa shape index (κ2) is 6.12. The van der Waals surface area contributed by atoms with E-state index in [1.165, 1.54) is 4.52 Å². The molecule has 0 atom stereocenters. The quantitative estimate of drug-likeness (QED) is 0.748. The molecule has 8 heteroatoms. The van der Waals surface area contributed by atoms with Crippen molar-refractivity contribution in [2.45, 2.75) is 27.2 Å². The lowest BCUT2D eigenvalue weighted by Crippen LogP contribution is -2.13. The van der Waals surface area contributed by atoms with E-state index in [4.69, 9.17) is 5.73 Å². The summed E-state index contributed by atoms with van der Waals surface area (Å²) in [4.78, 5) is 13.1. The average molecular weight is 322 g/mol. The minimum absolute atomic E-state index is 0.288. The van der Waals surface area contributed by atoms with E-state index < -0.39 is 0 Å². The highest BCUT2D eigenvalue weighted by Gasteiger charge is 2.16. The molecule has 0 radical (unpaired) electrons. The van der Waals surface area contributed by atoms with Gasteiger partial charge in [-0.25, -0.2) is 4.98 Å². The van der Waals surface area contributed by atoms with Crippen LogP contribution in [0.2, 0.25) is 0 Å². The van der Waals surface area contributed by atoms with E-state index in [-0.39, 0.29) is 5.82 Å². The van der Waals surface area contributed by atoms with Crippen LogP contribution in [0, 0.1) is 32.1 Å². The maximum absolute atomic E-state index is 9.41. The van der Waals surface area contributed by atoms with Crippen LogP contribution in [0.1, 0.15) is 28.2 Å². The lowest BCUT2D eigenvalue weighted by molar-refractivity contribution is 0.904. The van der Waals surface area contributed by atoms with Gasteiger partial charge in [-0.05, 0) is 20.8 Å². The van der Waals surface area contributed by atoms with Gasteiger partial charge in [0.25, 0.3) is 0 Å². The molecule has 0 aromatic carbocycles. The Morgan fingerprint density at radius 3 is 2.75 bits per heavy atom. The zero-order valence-corrected chi connectivity index (χ0v) is 13.8. The van der Waals surface area contributed by atoms with Crippen molar-refractivity contribution in [3.05, 3.63) is 40.6 Å². The number of nitrogens with zero attached hydrogens (tertiary/aromatic N) is 6. The second-order valence-electron chi connectivity index (χ2n) is 5.61. The average Bonchev–Trinajstić information content (AvgIpc) is 2.84. The third kappa shape index (κ3) is 2.72. The highest BCUT2D eigenvalue weighted by molar-refractivity contribution is 5.69. The molecule has 3 rings (SSSR count). The zero-order valence-electron chi connectivity index (χ0n) is 13.8. The number of nitrogens with two attached hydrogens (primary N) is 1. The summed E-state index contributed by atoms with van der Waals surface area (Å²) in [5.74, 6) is 0.752. The number of hydrogen-bond donors (Lipinski definition) is 2. The summed E-state index contributed by atoms with van der Waals surface area (Å²) < 4.78 is 1.51. The molecule has 0 bridgehead atoms. The molecule has 3 N–H and O–H groups in total. The van der Waals surface area contributed by atoms with Crippen molar-refractivity contribution in [1.29, 1.82) is 5.26 Å². The van der Waals surface area contributed by atoms with E-state index in [9.17, 15) is 5.26 Å². The number of nitrogens with one attached hydrogen (secondary N) is 1. The lowest BCUT2D eigenvalue weighted by Gasteiger charge is -2.10. The van der Waals surface area contributed by atoms with Gasteiger partial charge in [0.05, 0.1) is 17.1 Å². The van der Waals surface area contributed by atoms with Crippen LogP contribution in [-0.4, -0.2) is 31.1 Å². The van der Waals surface area contributed by atoms with Gasteiger partial charge < -0.3 is 11.1 Å². The van der Waals surface area contributed by atoms with Gasteiger partial charge in [-0.15, -0.1) is 0 Å². The molecule has 0 spiro atoms. The summed E-state index contributed by atoms with van der Waals surface area (Å²) >= 11 is 0. The van der Waals surface area contributed by atoms with Crippen LogP contribution >= 0.6 is 0 Å². The number of hydrogen-bond acceptors (Lipinski definition) is 7. The van der Waals surface area contributed by atoms with E-state index in [0.717, 1.165) is 22.6 Å². The van der Waals surface area contributed by atoms with Crippen molar-refractivity contribution in [1.82, 2.24) is 24.6 Å². The highest BCUT2D eigenvalue weighted by atomic mass is 15.3. The van der Waals surface area contributed by atoms with Crippen LogP contribution in [0.5, 0.6) is 0 Å². The first-order chi connectivity index (χ1) is 11.5. The molecule has 0 saturated carbocycles. The zero-order chi connectivity index (χ0) is 17.3. The third-order valence-electron chi connectivity index (χ3n) is 3.86. The molecule has 0 aliphatic carbocycles. The van der Waals surface area contributed by atoms with E-state index in [1.807, 2.05) is 20.8 Å². The monoisotopic (exact) mass is 322 g/mol. The van der Waals surface area contributed by atoms with Gasteiger partial charge in [0.15, 0.2) is 5.65 Å². The van der Waals surface area contributed by atoms with Crippen LogP contribution in [0.3, 0.4) is 0 Å². The fraction of sp³-hybridized carbons (Fsp3) is 0.312. The predicted octanol–water partition coefficient (Wildman–Crippen LogP) is 1.55. The van der Waals surface area contributed by atoms with Crippen molar-refractivity contribution < 1.29 is 0 Å². The topological polar surface area (TPSA) is 118 Å². The van der Waals surface area contributed by atoms with Gasteiger partial charge in [-0.1, -0.05) is 0 Å². The predicted molar refractivity (Wildman–Crippen MR) is 90.6 cm³/mol. The summed E-state index contributed by atoms with van der Waals surface area (Å²) in [6.07, 6.45) is 4.12. The summed E-state index contributed by atoms with van der Waals surface area (Å²) in [6, 6.07) is 2.10. The van der Waals surface area contributed by atoms with Crippen LogP contribution < -0.4 is 11.1 Å². The Kier molecular flexibility index (Phi) is 4.00. The summed E-state index contributed by atoms with van der Waals surface area (Å²) in [5.41, 5.74) is 10.6. The van der Waals surface area contributed by atoms with E-state index in [1.54, 1.807) is 12.4 Å². The Morgan fingerprint density at radius 2 is 2.04 bits per heavy atom. The minimum Gasteiger partial charge on any atom is -0.382 e. The molecular formula is C16H18N8. The molecule has 122 valence electrons. The van der Waals surface area contributed by atoms with E-state index in [2.05, 4.69) is 31.4 Å². The normalized spacial score (nSPS) is 10.8. The molecule has 0 fully saturated rings. The van der Waals surface area contributed by atoms with Crippen molar-refractivity contribution >= 4 is 17.3 Å². The number of aryl methyl sites for hydroxylation is 3. The van der Waals surface area contributed by atoms with Crippen molar-refractivity contribution in [2.75, 3.05) is 17.6 Å². The maximum Gasteiger partial charge on any atom is 0.162 e. The molecule has 3 aromatic heterocycles. The Bertz CT molecular complexity index is 951. The van der Waals surface area contributed by atoms with Gasteiger partial charge in [0.2, 0.25) is 0 Å². The number of fused-ring (bicyclic) bond motifs is 1. The first-order valence-electron chi connectivity index (χ1n) is 7.58. The fourth-order valence-corrected chi connectivity index (χ4v) is 2.46. The molecule has 0 saturated heterocycles. The van der Waals surface area contributed by atoms with Crippen LogP contribution in [0.25, 0.3) is 5.65 Å². The lowest BCUT2D eigenvalue weighted by atomic mass is 10.2. The summed E-state index contributed by atoms with van der Waals surface area (Å²) in [7, 11) is 0. The van der Waals surface area contributed by atoms with E-state index >= 15 is 0 Å².